The number of sulfonamides is 1. The summed E-state index contributed by atoms with van der Waals surface area (Å²) in [4.78, 5) is 14.8. The van der Waals surface area contributed by atoms with Crippen LogP contribution in [-0.4, -0.2) is 56.3 Å². The molecule has 0 saturated carbocycles. The third kappa shape index (κ3) is 5.17. The Kier molecular flexibility index (Phi) is 6.95. The Hall–Kier alpha value is -1.93. The number of nitrogens with zero attached hydrogens (tertiary/aromatic N) is 2. The number of carbonyl (C=O) groups is 1. The van der Waals surface area contributed by atoms with Crippen molar-refractivity contribution in [1.82, 2.24) is 14.5 Å². The Morgan fingerprint density at radius 3 is 2.52 bits per heavy atom. The summed E-state index contributed by atoms with van der Waals surface area (Å²) in [6.07, 6.45) is 0. The van der Waals surface area contributed by atoms with Crippen LogP contribution in [0.1, 0.15) is 16.7 Å². The van der Waals surface area contributed by atoms with E-state index in [2.05, 4.69) is 5.32 Å². The second-order valence-electron chi connectivity index (χ2n) is 7.26. The van der Waals surface area contributed by atoms with Gasteiger partial charge in [-0.3, -0.25) is 4.79 Å². The van der Waals surface area contributed by atoms with Crippen molar-refractivity contribution in [1.29, 1.82) is 0 Å². The average Bonchev–Trinajstić information content (AvgIpc) is 2.71. The maximum atomic E-state index is 13.5. The summed E-state index contributed by atoms with van der Waals surface area (Å²) in [5.74, 6) is -0.201. The van der Waals surface area contributed by atoms with E-state index < -0.39 is 10.0 Å². The van der Waals surface area contributed by atoms with Crippen LogP contribution in [0, 0.1) is 13.8 Å². The molecular weight excluding hydrogens is 410 g/mol. The second kappa shape index (κ2) is 9.26. The minimum atomic E-state index is -3.89. The number of aryl methyl sites for hydroxylation is 2. The molecule has 2 aromatic rings. The number of rotatable bonds is 6. The van der Waals surface area contributed by atoms with Gasteiger partial charge >= 0.3 is 0 Å². The Balaban J connectivity index is 1.96. The van der Waals surface area contributed by atoms with Gasteiger partial charge < -0.3 is 10.2 Å². The zero-order chi connectivity index (χ0) is 21.0. The predicted molar refractivity (Wildman–Crippen MR) is 114 cm³/mol. The second-order valence-corrected chi connectivity index (χ2v) is 9.58. The lowest BCUT2D eigenvalue weighted by atomic mass is 10.2. The van der Waals surface area contributed by atoms with Crippen LogP contribution in [0.25, 0.3) is 0 Å². The molecule has 1 aliphatic rings. The summed E-state index contributed by atoms with van der Waals surface area (Å²) in [6, 6.07) is 12.4. The summed E-state index contributed by atoms with van der Waals surface area (Å²) >= 11 is 6.28. The first-order chi connectivity index (χ1) is 13.8. The van der Waals surface area contributed by atoms with Crippen LogP contribution >= 0.6 is 11.6 Å². The number of amides is 1. The highest BCUT2D eigenvalue weighted by Crippen LogP contribution is 2.25. The minimum absolute atomic E-state index is 0.0349. The van der Waals surface area contributed by atoms with Gasteiger partial charge in [0, 0.05) is 37.7 Å². The third-order valence-corrected chi connectivity index (χ3v) is 7.35. The highest BCUT2D eigenvalue weighted by Gasteiger charge is 2.30. The van der Waals surface area contributed by atoms with Crippen LogP contribution in [0.2, 0.25) is 5.02 Å². The normalized spacial score (nSPS) is 15.0. The van der Waals surface area contributed by atoms with Crippen molar-refractivity contribution < 1.29 is 13.2 Å². The Morgan fingerprint density at radius 2 is 1.83 bits per heavy atom. The minimum Gasteiger partial charge on any atom is -0.339 e. The number of piperazine rings is 1. The molecule has 0 aromatic heterocycles. The molecule has 1 amide bonds. The number of benzene rings is 2. The molecule has 0 atom stereocenters. The number of halogens is 1. The molecule has 2 aromatic carbocycles. The van der Waals surface area contributed by atoms with E-state index >= 15 is 0 Å². The van der Waals surface area contributed by atoms with Crippen molar-refractivity contribution in [3.05, 3.63) is 64.2 Å². The van der Waals surface area contributed by atoms with Gasteiger partial charge in [-0.2, -0.15) is 4.31 Å². The first kappa shape index (κ1) is 21.8. The fourth-order valence-corrected chi connectivity index (χ4v) is 5.20. The highest BCUT2D eigenvalue weighted by atomic mass is 35.5. The molecule has 1 fully saturated rings. The van der Waals surface area contributed by atoms with Gasteiger partial charge in [0.1, 0.15) is 0 Å². The van der Waals surface area contributed by atoms with Crippen molar-refractivity contribution in [2.75, 3.05) is 32.7 Å². The van der Waals surface area contributed by atoms with Gasteiger partial charge in [-0.15, -0.1) is 0 Å². The maximum absolute atomic E-state index is 13.5. The maximum Gasteiger partial charge on any atom is 0.244 e. The average molecular weight is 436 g/mol. The van der Waals surface area contributed by atoms with Gasteiger partial charge in [0.05, 0.1) is 11.4 Å². The van der Waals surface area contributed by atoms with Crippen LogP contribution in [0.3, 0.4) is 0 Å². The van der Waals surface area contributed by atoms with Crippen molar-refractivity contribution in [3.63, 3.8) is 0 Å². The highest BCUT2D eigenvalue weighted by molar-refractivity contribution is 7.89. The van der Waals surface area contributed by atoms with Crippen molar-refractivity contribution in [2.45, 2.75) is 25.3 Å². The molecule has 0 spiro atoms. The summed E-state index contributed by atoms with van der Waals surface area (Å²) < 4.78 is 28.3. The Labute approximate surface area is 177 Å². The van der Waals surface area contributed by atoms with Crippen LogP contribution in [0.5, 0.6) is 0 Å². The first-order valence-corrected chi connectivity index (χ1v) is 11.4. The van der Waals surface area contributed by atoms with Gasteiger partial charge in [0.15, 0.2) is 0 Å². The van der Waals surface area contributed by atoms with Crippen molar-refractivity contribution in [2.24, 2.45) is 0 Å². The summed E-state index contributed by atoms with van der Waals surface area (Å²) in [5, 5.41) is 3.67. The standard InChI is InChI=1S/C21H26ClN3O3S/c1-16-7-8-17(2)20(13-16)29(27,28)25(14-18-5-3-4-6-19(18)22)15-21(26)24-11-9-23-10-12-24/h3-8,13,23H,9-12,14-15H2,1-2H3. The molecule has 3 rings (SSSR count). The molecular formula is C21H26ClN3O3S. The van der Waals surface area contributed by atoms with Crippen LogP contribution in [0.15, 0.2) is 47.4 Å². The molecule has 1 saturated heterocycles. The van der Waals surface area contributed by atoms with E-state index in [4.69, 9.17) is 11.6 Å². The van der Waals surface area contributed by atoms with Gasteiger partial charge in [0.2, 0.25) is 15.9 Å². The van der Waals surface area contributed by atoms with E-state index in [1.54, 1.807) is 42.2 Å². The number of hydrogen-bond donors (Lipinski definition) is 1. The molecule has 1 heterocycles. The van der Waals surface area contributed by atoms with E-state index in [0.717, 1.165) is 5.56 Å². The first-order valence-electron chi connectivity index (χ1n) is 9.58. The zero-order valence-corrected chi connectivity index (χ0v) is 18.3. The van der Waals surface area contributed by atoms with Gasteiger partial charge in [-0.05, 0) is 42.7 Å². The van der Waals surface area contributed by atoms with E-state index in [0.29, 0.717) is 42.3 Å². The van der Waals surface area contributed by atoms with E-state index in [1.165, 1.54) is 4.31 Å². The summed E-state index contributed by atoms with van der Waals surface area (Å²) in [5.41, 5.74) is 2.16. The molecule has 1 N–H and O–H groups in total. The van der Waals surface area contributed by atoms with E-state index in [1.807, 2.05) is 19.1 Å². The van der Waals surface area contributed by atoms with E-state index in [-0.39, 0.29) is 23.9 Å². The molecule has 8 heteroatoms. The fourth-order valence-electron chi connectivity index (χ4n) is 3.33. The van der Waals surface area contributed by atoms with Crippen LogP contribution in [0.4, 0.5) is 0 Å². The predicted octanol–water partition coefficient (Wildman–Crippen LogP) is 2.58. The van der Waals surface area contributed by atoms with Crippen LogP contribution in [-0.2, 0) is 21.4 Å². The number of hydrogen-bond acceptors (Lipinski definition) is 4. The topological polar surface area (TPSA) is 69.7 Å². The molecule has 1 aliphatic heterocycles. The largest absolute Gasteiger partial charge is 0.339 e. The molecule has 0 unspecified atom stereocenters. The molecule has 0 aliphatic carbocycles. The quantitative estimate of drug-likeness (QED) is 0.757. The summed E-state index contributed by atoms with van der Waals surface area (Å²) in [7, 11) is -3.89. The van der Waals surface area contributed by atoms with Crippen molar-refractivity contribution in [3.8, 4) is 0 Å². The lowest BCUT2D eigenvalue weighted by Crippen LogP contribution is -2.50. The van der Waals surface area contributed by atoms with Gasteiger partial charge in [-0.25, -0.2) is 8.42 Å². The van der Waals surface area contributed by atoms with E-state index in [9.17, 15) is 13.2 Å². The SMILES string of the molecule is Cc1ccc(C)c(S(=O)(=O)N(CC(=O)N2CCNCC2)Cc2ccccc2Cl)c1. The fraction of sp³-hybridized carbons (Fsp3) is 0.381. The summed E-state index contributed by atoms with van der Waals surface area (Å²) in [6.45, 7) is 5.99. The van der Waals surface area contributed by atoms with Gasteiger partial charge in [0.25, 0.3) is 0 Å². The zero-order valence-electron chi connectivity index (χ0n) is 16.7. The molecule has 0 radical (unpaired) electrons. The van der Waals surface area contributed by atoms with Crippen LogP contribution < -0.4 is 5.32 Å². The Bertz CT molecular complexity index is 988. The number of carbonyl (C=O) groups excluding carboxylic acids is 1. The van der Waals surface area contributed by atoms with Gasteiger partial charge in [-0.1, -0.05) is 41.9 Å². The smallest absolute Gasteiger partial charge is 0.244 e. The van der Waals surface area contributed by atoms with Crippen molar-refractivity contribution >= 4 is 27.5 Å². The molecule has 156 valence electrons. The molecule has 0 bridgehead atoms. The monoisotopic (exact) mass is 435 g/mol. The Morgan fingerprint density at radius 1 is 1.14 bits per heavy atom. The molecule has 29 heavy (non-hydrogen) atoms. The number of nitrogens with one attached hydrogen (secondary N) is 1. The molecule has 6 nitrogen and oxygen atoms in total. The lowest BCUT2D eigenvalue weighted by Gasteiger charge is -2.30. The third-order valence-electron chi connectivity index (χ3n) is 5.05. The lowest BCUT2D eigenvalue weighted by molar-refractivity contribution is -0.132.